The fourth-order valence-electron chi connectivity index (χ4n) is 3.32. The molecule has 0 spiro atoms. The molecule has 31 heavy (non-hydrogen) atoms. The predicted molar refractivity (Wildman–Crippen MR) is 120 cm³/mol. The van der Waals surface area contributed by atoms with Crippen LogP contribution in [0.5, 0.6) is 11.5 Å². The van der Waals surface area contributed by atoms with Gasteiger partial charge in [-0.2, -0.15) is 5.26 Å². The van der Waals surface area contributed by atoms with Gasteiger partial charge in [-0.3, -0.25) is 4.79 Å². The van der Waals surface area contributed by atoms with Crippen molar-refractivity contribution in [1.82, 2.24) is 0 Å². The lowest BCUT2D eigenvalue weighted by atomic mass is 10.2. The lowest BCUT2D eigenvalue weighted by Crippen LogP contribution is -2.36. The Labute approximate surface area is 182 Å². The monoisotopic (exact) mass is 424 g/mol. The first-order valence-electron chi connectivity index (χ1n) is 10.4. The van der Waals surface area contributed by atoms with E-state index in [1.807, 2.05) is 32.0 Å². The third-order valence-electron chi connectivity index (χ3n) is 4.73. The first kappa shape index (κ1) is 22.2. The van der Waals surface area contributed by atoms with E-state index in [0.29, 0.717) is 54.9 Å². The smallest absolute Gasteiger partial charge is 0.243 e. The van der Waals surface area contributed by atoms with Gasteiger partial charge in [0.05, 0.1) is 56.0 Å². The molecule has 0 aliphatic carbocycles. The molecule has 8 nitrogen and oxygen atoms in total. The molecule has 1 heterocycles. The SMILES string of the molecule is CCOc1cc(N2CCOCC2)c(OCC)cc1NC(=O)CNc1cccc(C#N)c1. The lowest BCUT2D eigenvalue weighted by Gasteiger charge is -2.31. The van der Waals surface area contributed by atoms with Crippen LogP contribution in [0.2, 0.25) is 0 Å². The molecule has 1 saturated heterocycles. The number of carbonyl (C=O) groups excluding carboxylic acids is 1. The van der Waals surface area contributed by atoms with Gasteiger partial charge in [0.2, 0.25) is 5.91 Å². The molecule has 0 radical (unpaired) electrons. The maximum Gasteiger partial charge on any atom is 0.243 e. The zero-order valence-electron chi connectivity index (χ0n) is 17.9. The number of nitrogens with one attached hydrogen (secondary N) is 2. The highest BCUT2D eigenvalue weighted by atomic mass is 16.5. The van der Waals surface area contributed by atoms with Gasteiger partial charge in [-0.05, 0) is 32.0 Å². The Bertz CT molecular complexity index is 936. The molecule has 0 saturated carbocycles. The highest BCUT2D eigenvalue weighted by molar-refractivity contribution is 5.96. The van der Waals surface area contributed by atoms with Gasteiger partial charge in [0.25, 0.3) is 0 Å². The van der Waals surface area contributed by atoms with Crippen molar-refractivity contribution in [1.29, 1.82) is 5.26 Å². The van der Waals surface area contributed by atoms with E-state index < -0.39 is 0 Å². The summed E-state index contributed by atoms with van der Waals surface area (Å²) in [6.07, 6.45) is 0. The Kier molecular flexibility index (Phi) is 7.96. The molecular formula is C23H28N4O4. The summed E-state index contributed by atoms with van der Waals surface area (Å²) in [7, 11) is 0. The average molecular weight is 425 g/mol. The van der Waals surface area contributed by atoms with E-state index in [-0.39, 0.29) is 12.5 Å². The van der Waals surface area contributed by atoms with Crippen LogP contribution in [-0.2, 0) is 9.53 Å². The van der Waals surface area contributed by atoms with E-state index in [9.17, 15) is 4.79 Å². The van der Waals surface area contributed by atoms with Gasteiger partial charge in [0, 0.05) is 30.9 Å². The zero-order chi connectivity index (χ0) is 22.1. The van der Waals surface area contributed by atoms with E-state index in [4.69, 9.17) is 19.5 Å². The summed E-state index contributed by atoms with van der Waals surface area (Å²) >= 11 is 0. The summed E-state index contributed by atoms with van der Waals surface area (Å²) in [6.45, 7) is 7.71. The van der Waals surface area contributed by atoms with Crippen LogP contribution in [0.1, 0.15) is 19.4 Å². The Balaban J connectivity index is 1.77. The van der Waals surface area contributed by atoms with E-state index in [1.165, 1.54) is 0 Å². The van der Waals surface area contributed by atoms with Crippen molar-refractivity contribution in [2.45, 2.75) is 13.8 Å². The Morgan fingerprint density at radius 1 is 1.13 bits per heavy atom. The summed E-state index contributed by atoms with van der Waals surface area (Å²) in [4.78, 5) is 14.8. The number of anilines is 3. The van der Waals surface area contributed by atoms with Crippen molar-refractivity contribution in [2.75, 3.05) is 61.6 Å². The molecule has 164 valence electrons. The molecule has 3 rings (SSSR count). The van der Waals surface area contributed by atoms with Gasteiger partial charge in [0.15, 0.2) is 0 Å². The molecule has 0 aromatic heterocycles. The molecule has 1 amide bonds. The summed E-state index contributed by atoms with van der Waals surface area (Å²) in [6, 6.07) is 12.8. The maximum atomic E-state index is 12.6. The second-order valence-electron chi connectivity index (χ2n) is 6.88. The standard InChI is InChI=1S/C23H28N4O4/c1-3-30-21-14-20(27-8-10-29-11-9-27)22(31-4-2)13-19(21)26-23(28)16-25-18-7-5-6-17(12-18)15-24/h5-7,12-14,25H,3-4,8-11,16H2,1-2H3,(H,26,28). The van der Waals surface area contributed by atoms with E-state index in [0.717, 1.165) is 18.8 Å². The van der Waals surface area contributed by atoms with Crippen LogP contribution in [0.3, 0.4) is 0 Å². The van der Waals surface area contributed by atoms with Gasteiger partial charge in [-0.15, -0.1) is 0 Å². The molecule has 0 bridgehead atoms. The molecular weight excluding hydrogens is 396 g/mol. The highest BCUT2D eigenvalue weighted by Gasteiger charge is 2.20. The minimum Gasteiger partial charge on any atom is -0.492 e. The van der Waals surface area contributed by atoms with E-state index in [2.05, 4.69) is 21.6 Å². The van der Waals surface area contributed by atoms with Crippen molar-refractivity contribution in [3.05, 3.63) is 42.0 Å². The third-order valence-corrected chi connectivity index (χ3v) is 4.73. The largest absolute Gasteiger partial charge is 0.492 e. The fraction of sp³-hybridized carbons (Fsp3) is 0.391. The summed E-state index contributed by atoms with van der Waals surface area (Å²) in [5.74, 6) is 1.05. The van der Waals surface area contributed by atoms with Crippen LogP contribution in [0.4, 0.5) is 17.1 Å². The van der Waals surface area contributed by atoms with Crippen LogP contribution in [0, 0.1) is 11.3 Å². The number of hydrogen-bond donors (Lipinski definition) is 2. The molecule has 2 N–H and O–H groups in total. The molecule has 0 unspecified atom stereocenters. The Morgan fingerprint density at radius 3 is 2.58 bits per heavy atom. The van der Waals surface area contributed by atoms with Crippen LogP contribution in [0.25, 0.3) is 0 Å². The number of ether oxygens (including phenoxy) is 3. The molecule has 2 aromatic rings. The number of rotatable bonds is 9. The van der Waals surface area contributed by atoms with Crippen molar-refractivity contribution in [3.8, 4) is 17.6 Å². The predicted octanol–water partition coefficient (Wildman–Crippen LogP) is 3.24. The topological polar surface area (TPSA) is 95.8 Å². The van der Waals surface area contributed by atoms with Crippen LogP contribution >= 0.6 is 0 Å². The van der Waals surface area contributed by atoms with Crippen molar-refractivity contribution in [2.24, 2.45) is 0 Å². The Morgan fingerprint density at radius 2 is 1.87 bits per heavy atom. The number of morpholine rings is 1. The van der Waals surface area contributed by atoms with Crippen molar-refractivity contribution < 1.29 is 19.0 Å². The Hall–Kier alpha value is -3.44. The molecule has 8 heteroatoms. The molecule has 2 aromatic carbocycles. The lowest BCUT2D eigenvalue weighted by molar-refractivity contribution is -0.114. The van der Waals surface area contributed by atoms with Crippen LogP contribution in [-0.4, -0.2) is 52.0 Å². The van der Waals surface area contributed by atoms with Gasteiger partial charge >= 0.3 is 0 Å². The molecule has 1 aliphatic heterocycles. The summed E-state index contributed by atoms with van der Waals surface area (Å²) in [5, 5.41) is 15.0. The second kappa shape index (κ2) is 11.1. The minimum atomic E-state index is -0.232. The number of hydrogen-bond acceptors (Lipinski definition) is 7. The molecule has 1 aliphatic rings. The number of amides is 1. The number of nitrogens with zero attached hydrogens (tertiary/aromatic N) is 2. The average Bonchev–Trinajstić information content (AvgIpc) is 2.80. The first-order chi connectivity index (χ1) is 15.1. The number of nitriles is 1. The van der Waals surface area contributed by atoms with Crippen LogP contribution in [0.15, 0.2) is 36.4 Å². The second-order valence-corrected chi connectivity index (χ2v) is 6.88. The van der Waals surface area contributed by atoms with Crippen molar-refractivity contribution >= 4 is 23.0 Å². The highest BCUT2D eigenvalue weighted by Crippen LogP contribution is 2.39. The summed E-state index contributed by atoms with van der Waals surface area (Å²) in [5.41, 5.74) is 2.72. The molecule has 0 atom stereocenters. The number of benzene rings is 2. The quantitative estimate of drug-likeness (QED) is 0.638. The van der Waals surface area contributed by atoms with E-state index in [1.54, 1.807) is 18.2 Å². The first-order valence-corrected chi connectivity index (χ1v) is 10.4. The van der Waals surface area contributed by atoms with Crippen LogP contribution < -0.4 is 25.0 Å². The minimum absolute atomic E-state index is 0.0512. The third kappa shape index (κ3) is 6.03. The maximum absolute atomic E-state index is 12.6. The number of carbonyl (C=O) groups is 1. The van der Waals surface area contributed by atoms with Gasteiger partial charge < -0.3 is 29.7 Å². The molecule has 1 fully saturated rings. The van der Waals surface area contributed by atoms with Crippen molar-refractivity contribution in [3.63, 3.8) is 0 Å². The van der Waals surface area contributed by atoms with Gasteiger partial charge in [-0.1, -0.05) is 6.07 Å². The van der Waals surface area contributed by atoms with E-state index >= 15 is 0 Å². The summed E-state index contributed by atoms with van der Waals surface area (Å²) < 4.78 is 17.1. The normalized spacial score (nSPS) is 13.3. The zero-order valence-corrected chi connectivity index (χ0v) is 17.9. The fourth-order valence-corrected chi connectivity index (χ4v) is 3.32. The van der Waals surface area contributed by atoms with Gasteiger partial charge in [-0.25, -0.2) is 0 Å². The van der Waals surface area contributed by atoms with Gasteiger partial charge in [0.1, 0.15) is 11.5 Å².